The van der Waals surface area contributed by atoms with Crippen molar-refractivity contribution in [3.05, 3.63) is 77.4 Å². The summed E-state index contributed by atoms with van der Waals surface area (Å²) >= 11 is 1.79. The molecule has 1 heterocycles. The summed E-state index contributed by atoms with van der Waals surface area (Å²) in [6.07, 6.45) is 0.681. The average Bonchev–Trinajstić information content (AvgIpc) is 2.71. The van der Waals surface area contributed by atoms with Gasteiger partial charge in [0.05, 0.1) is 0 Å². The van der Waals surface area contributed by atoms with Crippen LogP contribution in [0.1, 0.15) is 37.0 Å². The summed E-state index contributed by atoms with van der Waals surface area (Å²) in [6.45, 7) is 7.50. The Morgan fingerprint density at radius 1 is 1.17 bits per heavy atom. The van der Waals surface area contributed by atoms with Gasteiger partial charge in [-0.2, -0.15) is 0 Å². The van der Waals surface area contributed by atoms with Crippen LogP contribution in [0.2, 0.25) is 0 Å². The largest absolute Gasteiger partial charge is 0.446 e. The van der Waals surface area contributed by atoms with E-state index in [-0.39, 0.29) is 5.97 Å². The van der Waals surface area contributed by atoms with Crippen LogP contribution in [0.15, 0.2) is 65.6 Å². The van der Waals surface area contributed by atoms with E-state index in [1.54, 1.807) is 18.7 Å². The Balaban J connectivity index is 2.26. The molecule has 0 amide bonds. The van der Waals surface area contributed by atoms with E-state index in [1.807, 2.05) is 24.3 Å². The van der Waals surface area contributed by atoms with Crippen LogP contribution < -0.4 is 0 Å². The van der Waals surface area contributed by atoms with Crippen LogP contribution in [0.25, 0.3) is 0 Å². The molecular formula is C20H20O2S. The Kier molecular flexibility index (Phi) is 4.31. The van der Waals surface area contributed by atoms with Gasteiger partial charge in [0.2, 0.25) is 0 Å². The minimum atomic E-state index is -0.757. The first-order valence-corrected chi connectivity index (χ1v) is 8.76. The lowest BCUT2D eigenvalue weighted by molar-refractivity contribution is -0.152. The third kappa shape index (κ3) is 2.70. The zero-order valence-corrected chi connectivity index (χ0v) is 14.3. The maximum atomic E-state index is 12.4. The summed E-state index contributed by atoms with van der Waals surface area (Å²) < 4.78 is 6.07. The van der Waals surface area contributed by atoms with Crippen LogP contribution in [-0.2, 0) is 20.9 Å². The van der Waals surface area contributed by atoms with Gasteiger partial charge in [-0.15, -0.1) is 11.8 Å². The van der Waals surface area contributed by atoms with Crippen LogP contribution in [0.4, 0.5) is 0 Å². The van der Waals surface area contributed by atoms with Crippen molar-refractivity contribution in [2.24, 2.45) is 0 Å². The molecule has 23 heavy (non-hydrogen) atoms. The highest BCUT2D eigenvalue weighted by atomic mass is 32.2. The molecule has 1 aliphatic rings. The van der Waals surface area contributed by atoms with Crippen molar-refractivity contribution in [3.8, 4) is 0 Å². The molecule has 1 atom stereocenters. The van der Waals surface area contributed by atoms with Crippen LogP contribution in [0.3, 0.4) is 0 Å². The van der Waals surface area contributed by atoms with E-state index in [9.17, 15) is 4.79 Å². The molecule has 118 valence electrons. The zero-order chi connectivity index (χ0) is 16.4. The fourth-order valence-corrected chi connectivity index (χ4v) is 4.20. The molecular weight excluding hydrogens is 304 g/mol. The SMILES string of the molecule is C=C(C)C(=O)OC1(CC)c2ccccc2CSc2ccccc21. The first-order valence-electron chi connectivity index (χ1n) is 7.78. The molecule has 2 aromatic carbocycles. The van der Waals surface area contributed by atoms with Gasteiger partial charge >= 0.3 is 5.97 Å². The molecule has 0 N–H and O–H groups in total. The number of carbonyl (C=O) groups is 1. The predicted molar refractivity (Wildman–Crippen MR) is 94.4 cm³/mol. The van der Waals surface area contributed by atoms with Gasteiger partial charge in [-0.25, -0.2) is 4.79 Å². The van der Waals surface area contributed by atoms with E-state index < -0.39 is 5.60 Å². The number of benzene rings is 2. The molecule has 2 aromatic rings. The van der Waals surface area contributed by atoms with E-state index in [2.05, 4.69) is 37.8 Å². The number of esters is 1. The molecule has 1 unspecified atom stereocenters. The van der Waals surface area contributed by atoms with E-state index in [1.165, 1.54) is 10.5 Å². The van der Waals surface area contributed by atoms with E-state index >= 15 is 0 Å². The van der Waals surface area contributed by atoms with Gasteiger partial charge < -0.3 is 4.74 Å². The van der Waals surface area contributed by atoms with Crippen molar-refractivity contribution in [3.63, 3.8) is 0 Å². The molecule has 0 bridgehead atoms. The monoisotopic (exact) mass is 324 g/mol. The van der Waals surface area contributed by atoms with E-state index in [0.29, 0.717) is 12.0 Å². The summed E-state index contributed by atoms with van der Waals surface area (Å²) in [5.74, 6) is 0.530. The van der Waals surface area contributed by atoms with Crippen LogP contribution in [0, 0.1) is 0 Å². The van der Waals surface area contributed by atoms with Crippen molar-refractivity contribution in [1.82, 2.24) is 0 Å². The smallest absolute Gasteiger partial charge is 0.334 e. The van der Waals surface area contributed by atoms with Gasteiger partial charge in [-0.3, -0.25) is 0 Å². The van der Waals surface area contributed by atoms with Crippen molar-refractivity contribution in [2.75, 3.05) is 0 Å². The Morgan fingerprint density at radius 2 is 1.83 bits per heavy atom. The number of ether oxygens (including phenoxy) is 1. The fraction of sp³-hybridized carbons (Fsp3) is 0.250. The number of rotatable bonds is 3. The molecule has 3 rings (SSSR count). The van der Waals surface area contributed by atoms with E-state index in [0.717, 1.165) is 16.9 Å². The van der Waals surface area contributed by atoms with Crippen molar-refractivity contribution >= 4 is 17.7 Å². The predicted octanol–water partition coefficient (Wildman–Crippen LogP) is 5.07. The van der Waals surface area contributed by atoms with Gasteiger partial charge in [0.15, 0.2) is 5.60 Å². The summed E-state index contributed by atoms with van der Waals surface area (Å²) in [4.78, 5) is 13.5. The van der Waals surface area contributed by atoms with Crippen molar-refractivity contribution in [1.29, 1.82) is 0 Å². The molecule has 3 heteroatoms. The molecule has 0 saturated carbocycles. The third-order valence-electron chi connectivity index (χ3n) is 4.27. The summed E-state index contributed by atoms with van der Waals surface area (Å²) in [6, 6.07) is 16.5. The second-order valence-electron chi connectivity index (χ2n) is 5.79. The molecule has 0 saturated heterocycles. The van der Waals surface area contributed by atoms with Gasteiger partial charge in [-0.05, 0) is 25.0 Å². The van der Waals surface area contributed by atoms with Gasteiger partial charge in [0, 0.05) is 27.3 Å². The molecule has 1 aliphatic heterocycles. The number of thioether (sulfide) groups is 1. The maximum Gasteiger partial charge on any atom is 0.334 e. The normalized spacial score (nSPS) is 19.2. The lowest BCUT2D eigenvalue weighted by atomic mass is 9.81. The average molecular weight is 324 g/mol. The Morgan fingerprint density at radius 3 is 2.52 bits per heavy atom. The lowest BCUT2D eigenvalue weighted by Crippen LogP contribution is -2.34. The second kappa shape index (κ2) is 6.25. The highest BCUT2D eigenvalue weighted by Gasteiger charge is 2.41. The third-order valence-corrected chi connectivity index (χ3v) is 5.39. The topological polar surface area (TPSA) is 26.3 Å². The van der Waals surface area contributed by atoms with Gasteiger partial charge in [0.25, 0.3) is 0 Å². The molecule has 0 spiro atoms. The highest BCUT2D eigenvalue weighted by Crippen LogP contribution is 2.47. The number of hydrogen-bond donors (Lipinski definition) is 0. The molecule has 2 nitrogen and oxygen atoms in total. The quantitative estimate of drug-likeness (QED) is 0.583. The van der Waals surface area contributed by atoms with Crippen molar-refractivity contribution < 1.29 is 9.53 Å². The highest BCUT2D eigenvalue weighted by molar-refractivity contribution is 7.98. The minimum Gasteiger partial charge on any atom is -0.446 e. The standard InChI is InChI=1S/C20H20O2S/c1-4-20(22-19(21)14(2)3)16-10-6-5-9-15(16)13-23-18-12-8-7-11-17(18)20/h5-12H,2,4,13H2,1,3H3. The molecule has 0 aliphatic carbocycles. The Labute approximate surface area is 141 Å². The number of carbonyl (C=O) groups excluding carboxylic acids is 1. The lowest BCUT2D eigenvalue weighted by Gasteiger charge is -2.34. The number of hydrogen-bond acceptors (Lipinski definition) is 3. The second-order valence-corrected chi connectivity index (χ2v) is 6.81. The zero-order valence-electron chi connectivity index (χ0n) is 13.5. The fourth-order valence-electron chi connectivity index (χ4n) is 3.08. The van der Waals surface area contributed by atoms with Crippen LogP contribution in [0.5, 0.6) is 0 Å². The first-order chi connectivity index (χ1) is 11.1. The number of fused-ring (bicyclic) bond motifs is 2. The van der Waals surface area contributed by atoms with Crippen LogP contribution >= 0.6 is 11.8 Å². The summed E-state index contributed by atoms with van der Waals surface area (Å²) in [5, 5.41) is 0. The molecule has 0 radical (unpaired) electrons. The molecule has 0 fully saturated rings. The van der Waals surface area contributed by atoms with Crippen molar-refractivity contribution in [2.45, 2.75) is 36.5 Å². The van der Waals surface area contributed by atoms with Crippen LogP contribution in [-0.4, -0.2) is 5.97 Å². The first kappa shape index (κ1) is 15.9. The Bertz CT molecular complexity index is 716. The maximum absolute atomic E-state index is 12.4. The molecule has 0 aromatic heterocycles. The van der Waals surface area contributed by atoms with Gasteiger partial charge in [-0.1, -0.05) is 56.0 Å². The minimum absolute atomic E-state index is 0.344. The van der Waals surface area contributed by atoms with E-state index in [4.69, 9.17) is 4.74 Å². The summed E-state index contributed by atoms with van der Waals surface area (Å²) in [5.41, 5.74) is 3.02. The Hall–Kier alpha value is -2.00. The van der Waals surface area contributed by atoms with Gasteiger partial charge in [0.1, 0.15) is 0 Å². The summed E-state index contributed by atoms with van der Waals surface area (Å²) in [7, 11) is 0.